The third-order valence-electron chi connectivity index (χ3n) is 4.11. The molecule has 0 bridgehead atoms. The van der Waals surface area contributed by atoms with Crippen LogP contribution in [0.2, 0.25) is 5.02 Å². The van der Waals surface area contributed by atoms with Gasteiger partial charge in [0, 0.05) is 11.9 Å². The molecule has 3 rings (SSSR count). The number of aryl methyl sites for hydroxylation is 1. The zero-order valence-corrected chi connectivity index (χ0v) is 13.6. The number of hydrogen-bond acceptors (Lipinski definition) is 4. The normalized spacial score (nSPS) is 15.7. The first-order valence-corrected chi connectivity index (χ1v) is 8.08. The summed E-state index contributed by atoms with van der Waals surface area (Å²) in [5.41, 5.74) is 1.07. The van der Waals surface area contributed by atoms with Crippen molar-refractivity contribution in [2.75, 3.05) is 0 Å². The number of amides is 2. The van der Waals surface area contributed by atoms with Gasteiger partial charge in [0.25, 0.3) is 0 Å². The minimum Gasteiger partial charge on any atom is -0.340 e. The summed E-state index contributed by atoms with van der Waals surface area (Å²) in [4.78, 5) is 16.2. The van der Waals surface area contributed by atoms with Gasteiger partial charge in [-0.1, -0.05) is 35.3 Å². The highest BCUT2D eigenvalue weighted by atomic mass is 35.5. The molecule has 1 aromatic heterocycles. The maximum atomic E-state index is 12.2. The fourth-order valence-electron chi connectivity index (χ4n) is 2.68. The first-order chi connectivity index (χ1) is 11.1. The van der Waals surface area contributed by atoms with E-state index < -0.39 is 0 Å². The zero-order chi connectivity index (χ0) is 16.2. The number of urea groups is 1. The molecule has 7 heteroatoms. The van der Waals surface area contributed by atoms with Crippen LogP contribution in [0, 0.1) is 12.8 Å². The molecule has 0 saturated heterocycles. The molecule has 0 spiro atoms. The zero-order valence-electron chi connectivity index (χ0n) is 12.9. The van der Waals surface area contributed by atoms with Crippen molar-refractivity contribution in [2.24, 2.45) is 5.92 Å². The van der Waals surface area contributed by atoms with E-state index in [0.717, 1.165) is 18.4 Å². The summed E-state index contributed by atoms with van der Waals surface area (Å²) in [6.45, 7) is 1.95. The van der Waals surface area contributed by atoms with E-state index in [0.29, 0.717) is 22.7 Å². The Morgan fingerprint density at radius 1 is 1.39 bits per heavy atom. The summed E-state index contributed by atoms with van der Waals surface area (Å²) in [5.74, 6) is 1.41. The molecule has 0 unspecified atom stereocenters. The Bertz CT molecular complexity index is 667. The number of hydrogen-bond donors (Lipinski definition) is 2. The second kappa shape index (κ2) is 7.00. The van der Waals surface area contributed by atoms with Crippen molar-refractivity contribution < 1.29 is 9.32 Å². The van der Waals surface area contributed by atoms with Crippen molar-refractivity contribution in [1.29, 1.82) is 0 Å². The Morgan fingerprint density at radius 2 is 2.13 bits per heavy atom. The molecule has 23 heavy (non-hydrogen) atoms. The second-order valence-corrected chi connectivity index (χ2v) is 6.21. The number of carbonyl (C=O) groups excluding carboxylic acids is 1. The van der Waals surface area contributed by atoms with Crippen LogP contribution in [-0.4, -0.2) is 16.2 Å². The molecule has 1 saturated carbocycles. The largest absolute Gasteiger partial charge is 0.340 e. The minimum absolute atomic E-state index is 0.00646. The first kappa shape index (κ1) is 15.8. The average Bonchev–Trinajstić information content (AvgIpc) is 2.89. The second-order valence-electron chi connectivity index (χ2n) is 5.78. The van der Waals surface area contributed by atoms with Crippen LogP contribution >= 0.6 is 11.6 Å². The van der Waals surface area contributed by atoms with E-state index in [9.17, 15) is 4.79 Å². The minimum atomic E-state index is -0.237. The number of nitrogens with zero attached hydrogens (tertiary/aromatic N) is 2. The fraction of sp³-hybridized carbons (Fsp3) is 0.438. The number of carbonyl (C=O) groups is 1. The number of halogens is 1. The smallest absolute Gasteiger partial charge is 0.315 e. The van der Waals surface area contributed by atoms with Gasteiger partial charge in [0.15, 0.2) is 5.82 Å². The van der Waals surface area contributed by atoms with Crippen molar-refractivity contribution in [3.05, 3.63) is 46.6 Å². The summed E-state index contributed by atoms with van der Waals surface area (Å²) in [6, 6.07) is 7.39. The van der Waals surface area contributed by atoms with Crippen molar-refractivity contribution in [2.45, 2.75) is 38.8 Å². The molecule has 122 valence electrons. The van der Waals surface area contributed by atoms with Crippen molar-refractivity contribution in [3.8, 4) is 0 Å². The number of rotatable bonds is 5. The Morgan fingerprint density at radius 3 is 2.70 bits per heavy atom. The monoisotopic (exact) mass is 334 g/mol. The van der Waals surface area contributed by atoms with Gasteiger partial charge in [-0.25, -0.2) is 4.79 Å². The molecule has 2 aromatic rings. The van der Waals surface area contributed by atoms with Crippen LogP contribution in [0.4, 0.5) is 4.79 Å². The van der Waals surface area contributed by atoms with Crippen LogP contribution in [0.1, 0.15) is 42.6 Å². The standard InChI is InChI=1S/C16H19ClN4O2/c1-10-19-14(21-23-10)9-18-16(22)20-15(11-3-2-4-11)12-5-7-13(17)8-6-12/h5-8,11,15H,2-4,9H2,1H3,(H2,18,20,22)/t15-/m1/s1. The molecule has 2 amide bonds. The third-order valence-corrected chi connectivity index (χ3v) is 4.37. The van der Waals surface area contributed by atoms with Crippen LogP contribution in [0.15, 0.2) is 28.8 Å². The molecule has 2 N–H and O–H groups in total. The van der Waals surface area contributed by atoms with Gasteiger partial charge in [-0.05, 0) is 36.5 Å². The van der Waals surface area contributed by atoms with Crippen LogP contribution in [0.25, 0.3) is 0 Å². The van der Waals surface area contributed by atoms with E-state index in [1.165, 1.54) is 6.42 Å². The predicted octanol–water partition coefficient (Wildman–Crippen LogP) is 3.37. The van der Waals surface area contributed by atoms with E-state index >= 15 is 0 Å². The van der Waals surface area contributed by atoms with Crippen LogP contribution in [0.5, 0.6) is 0 Å². The maximum absolute atomic E-state index is 12.2. The van der Waals surface area contributed by atoms with Gasteiger partial charge in [0.1, 0.15) is 0 Å². The van der Waals surface area contributed by atoms with E-state index in [4.69, 9.17) is 16.1 Å². The van der Waals surface area contributed by atoms with Crippen LogP contribution in [0.3, 0.4) is 0 Å². The van der Waals surface area contributed by atoms with Gasteiger partial charge in [-0.3, -0.25) is 0 Å². The number of nitrogens with one attached hydrogen (secondary N) is 2. The summed E-state index contributed by atoms with van der Waals surface area (Å²) < 4.78 is 4.88. The van der Waals surface area contributed by atoms with Crippen molar-refractivity contribution >= 4 is 17.6 Å². The highest BCUT2D eigenvalue weighted by molar-refractivity contribution is 6.30. The van der Waals surface area contributed by atoms with Crippen molar-refractivity contribution in [1.82, 2.24) is 20.8 Å². The SMILES string of the molecule is Cc1nc(CNC(=O)N[C@@H](c2ccc(Cl)cc2)C2CCC2)no1. The highest BCUT2D eigenvalue weighted by Crippen LogP contribution is 2.37. The van der Waals surface area contributed by atoms with E-state index in [2.05, 4.69) is 20.8 Å². The third kappa shape index (κ3) is 4.01. The van der Waals surface area contributed by atoms with E-state index in [1.54, 1.807) is 6.92 Å². The molecule has 1 aliphatic rings. The summed E-state index contributed by atoms with van der Waals surface area (Å²) in [6.07, 6.45) is 3.45. The molecule has 6 nitrogen and oxygen atoms in total. The molecule has 1 fully saturated rings. The molecule has 1 atom stereocenters. The molecule has 1 heterocycles. The molecular weight excluding hydrogens is 316 g/mol. The number of aromatic nitrogens is 2. The molecule has 0 radical (unpaired) electrons. The van der Waals surface area contributed by atoms with Gasteiger partial charge in [-0.15, -0.1) is 0 Å². The Balaban J connectivity index is 1.61. The highest BCUT2D eigenvalue weighted by Gasteiger charge is 2.29. The van der Waals surface area contributed by atoms with E-state index in [1.807, 2.05) is 24.3 Å². The van der Waals surface area contributed by atoms with Gasteiger partial charge in [-0.2, -0.15) is 4.98 Å². The predicted molar refractivity (Wildman–Crippen MR) is 85.9 cm³/mol. The van der Waals surface area contributed by atoms with Crippen molar-refractivity contribution in [3.63, 3.8) is 0 Å². The lowest BCUT2D eigenvalue weighted by Crippen LogP contribution is -2.42. The quantitative estimate of drug-likeness (QED) is 0.878. The Kier molecular flexibility index (Phi) is 4.81. The number of benzene rings is 1. The van der Waals surface area contributed by atoms with Gasteiger partial charge in [0.05, 0.1) is 12.6 Å². The fourth-order valence-corrected chi connectivity index (χ4v) is 2.81. The van der Waals surface area contributed by atoms with Gasteiger partial charge in [0.2, 0.25) is 5.89 Å². The molecule has 0 aliphatic heterocycles. The topological polar surface area (TPSA) is 80.0 Å². The summed E-state index contributed by atoms with van der Waals surface area (Å²) >= 11 is 5.95. The molecule has 1 aromatic carbocycles. The lowest BCUT2D eigenvalue weighted by Gasteiger charge is -2.34. The van der Waals surface area contributed by atoms with Gasteiger partial charge < -0.3 is 15.2 Å². The lowest BCUT2D eigenvalue weighted by atomic mass is 9.77. The lowest BCUT2D eigenvalue weighted by molar-refractivity contribution is 0.207. The molecular formula is C16H19ClN4O2. The Labute approximate surface area is 139 Å². The average molecular weight is 335 g/mol. The van der Waals surface area contributed by atoms with Gasteiger partial charge >= 0.3 is 6.03 Å². The first-order valence-electron chi connectivity index (χ1n) is 7.71. The van der Waals surface area contributed by atoms with Crippen LogP contribution < -0.4 is 10.6 Å². The van der Waals surface area contributed by atoms with E-state index in [-0.39, 0.29) is 18.6 Å². The summed E-state index contributed by atoms with van der Waals surface area (Å²) in [5, 5.41) is 10.3. The summed E-state index contributed by atoms with van der Waals surface area (Å²) in [7, 11) is 0. The maximum Gasteiger partial charge on any atom is 0.315 e. The van der Waals surface area contributed by atoms with Crippen LogP contribution in [-0.2, 0) is 6.54 Å². The molecule has 1 aliphatic carbocycles. The Hall–Kier alpha value is -2.08.